The molecule has 6 nitrogen and oxygen atoms in total. The Morgan fingerprint density at radius 1 is 1.12 bits per heavy atom. The van der Waals surface area contributed by atoms with E-state index in [-0.39, 0.29) is 34.7 Å². The van der Waals surface area contributed by atoms with Crippen molar-refractivity contribution in [2.45, 2.75) is 10.8 Å². The van der Waals surface area contributed by atoms with Gasteiger partial charge in [0.15, 0.2) is 5.96 Å². The number of hydrogen-bond donors (Lipinski definition) is 3. The molecule has 1 heterocycles. The van der Waals surface area contributed by atoms with Crippen LogP contribution in [0.15, 0.2) is 45.6 Å². The molecule has 0 aliphatic carbocycles. The van der Waals surface area contributed by atoms with Crippen molar-refractivity contribution >= 4 is 74.5 Å². The zero-order valence-electron chi connectivity index (χ0n) is 13.8. The molecule has 0 unspecified atom stereocenters. The maximum Gasteiger partial charge on any atom is 0.250 e. The third-order valence-electron chi connectivity index (χ3n) is 3.15. The molecule has 11 heteroatoms. The first-order valence-electron chi connectivity index (χ1n) is 7.35. The lowest BCUT2D eigenvalue weighted by atomic mass is 10.2. The molecule has 0 atom stereocenters. The molecule has 144 valence electrons. The van der Waals surface area contributed by atoms with Crippen LogP contribution in [0.25, 0.3) is 0 Å². The van der Waals surface area contributed by atoms with E-state index in [9.17, 15) is 8.42 Å². The molecule has 2 aromatic rings. The Morgan fingerprint density at radius 2 is 1.85 bits per heavy atom. The minimum Gasteiger partial charge on any atom is -0.355 e. The molecule has 26 heavy (non-hydrogen) atoms. The first-order chi connectivity index (χ1) is 11.9. The summed E-state index contributed by atoms with van der Waals surface area (Å²) in [6.07, 6.45) is 0. The van der Waals surface area contributed by atoms with Gasteiger partial charge in [0, 0.05) is 31.7 Å². The van der Waals surface area contributed by atoms with Crippen molar-refractivity contribution in [1.29, 1.82) is 0 Å². The van der Waals surface area contributed by atoms with Gasteiger partial charge in [0.1, 0.15) is 4.21 Å². The standard InChI is InChI=1S/C15H18Cl2N4O2S2.HI/c1-18-15(20-10-11-4-2-3-5-12(11)16)19-8-9-21-25(22,23)14-7-6-13(17)24-14;/h2-7,21H,8-10H2,1H3,(H2,18,19,20);1H. The van der Waals surface area contributed by atoms with E-state index in [2.05, 4.69) is 20.3 Å². The highest BCUT2D eigenvalue weighted by molar-refractivity contribution is 14.0. The fraction of sp³-hybridized carbons (Fsp3) is 0.267. The summed E-state index contributed by atoms with van der Waals surface area (Å²) < 4.78 is 27.3. The molecule has 0 fully saturated rings. The maximum atomic E-state index is 12.1. The number of thiophene rings is 1. The zero-order chi connectivity index (χ0) is 18.3. The van der Waals surface area contributed by atoms with Gasteiger partial charge in [-0.2, -0.15) is 0 Å². The molecule has 1 aromatic heterocycles. The zero-order valence-corrected chi connectivity index (χ0v) is 19.3. The van der Waals surface area contributed by atoms with Gasteiger partial charge in [-0.15, -0.1) is 35.3 Å². The van der Waals surface area contributed by atoms with Crippen molar-refractivity contribution < 1.29 is 8.42 Å². The predicted octanol–water partition coefficient (Wildman–Crippen LogP) is 3.32. The molecule has 0 aliphatic heterocycles. The van der Waals surface area contributed by atoms with Crippen molar-refractivity contribution in [3.8, 4) is 0 Å². The molecule has 2 rings (SSSR count). The Hall–Kier alpha value is -0.590. The van der Waals surface area contributed by atoms with E-state index < -0.39 is 10.0 Å². The summed E-state index contributed by atoms with van der Waals surface area (Å²) in [5.41, 5.74) is 0.947. The van der Waals surface area contributed by atoms with Gasteiger partial charge < -0.3 is 10.6 Å². The normalized spacial score (nSPS) is 11.7. The van der Waals surface area contributed by atoms with E-state index in [1.54, 1.807) is 13.1 Å². The van der Waals surface area contributed by atoms with Gasteiger partial charge in [0.25, 0.3) is 0 Å². The van der Waals surface area contributed by atoms with Crippen LogP contribution in [0, 0.1) is 0 Å². The number of nitrogens with zero attached hydrogens (tertiary/aromatic N) is 1. The van der Waals surface area contributed by atoms with Gasteiger partial charge in [0.2, 0.25) is 10.0 Å². The second-order valence-corrected chi connectivity index (χ2v) is 9.02. The number of sulfonamides is 1. The molecule has 0 amide bonds. The summed E-state index contributed by atoms with van der Waals surface area (Å²) in [4.78, 5) is 4.09. The summed E-state index contributed by atoms with van der Waals surface area (Å²) in [6.45, 7) is 1.10. The lowest BCUT2D eigenvalue weighted by Crippen LogP contribution is -2.41. The SMILES string of the molecule is CN=C(NCCNS(=O)(=O)c1ccc(Cl)s1)NCc1ccccc1Cl.I. The smallest absolute Gasteiger partial charge is 0.250 e. The fourth-order valence-corrected chi connectivity index (χ4v) is 4.68. The number of hydrogen-bond acceptors (Lipinski definition) is 4. The average molecular weight is 549 g/mol. The Kier molecular flexibility index (Phi) is 10.2. The number of rotatable bonds is 7. The third kappa shape index (κ3) is 7.20. The number of guanidine groups is 1. The van der Waals surface area contributed by atoms with Crippen LogP contribution in [0.2, 0.25) is 9.36 Å². The van der Waals surface area contributed by atoms with Gasteiger partial charge >= 0.3 is 0 Å². The molecular formula is C15H19Cl2IN4O2S2. The van der Waals surface area contributed by atoms with Crippen LogP contribution >= 0.6 is 58.5 Å². The van der Waals surface area contributed by atoms with Gasteiger partial charge in [-0.05, 0) is 23.8 Å². The Labute approximate surface area is 184 Å². The lowest BCUT2D eigenvalue weighted by Gasteiger charge is -2.13. The van der Waals surface area contributed by atoms with E-state index >= 15 is 0 Å². The molecular weight excluding hydrogens is 530 g/mol. The molecule has 0 saturated carbocycles. The fourth-order valence-electron chi connectivity index (χ4n) is 1.92. The Bertz CT molecular complexity index is 844. The van der Waals surface area contributed by atoms with Crippen molar-refractivity contribution in [2.24, 2.45) is 4.99 Å². The highest BCUT2D eigenvalue weighted by atomic mass is 127. The number of halogens is 3. The molecule has 0 spiro atoms. The topological polar surface area (TPSA) is 82.6 Å². The molecule has 0 saturated heterocycles. The van der Waals surface area contributed by atoms with Gasteiger partial charge in [-0.1, -0.05) is 41.4 Å². The largest absolute Gasteiger partial charge is 0.355 e. The molecule has 0 aliphatic rings. The monoisotopic (exact) mass is 548 g/mol. The van der Waals surface area contributed by atoms with E-state index in [1.807, 2.05) is 24.3 Å². The van der Waals surface area contributed by atoms with E-state index in [0.29, 0.717) is 28.4 Å². The van der Waals surface area contributed by atoms with Crippen molar-refractivity contribution in [3.05, 3.63) is 51.3 Å². The first-order valence-corrected chi connectivity index (χ1v) is 10.4. The predicted molar refractivity (Wildman–Crippen MR) is 120 cm³/mol. The molecule has 3 N–H and O–H groups in total. The van der Waals surface area contributed by atoms with Crippen LogP contribution in [-0.2, 0) is 16.6 Å². The number of benzene rings is 1. The van der Waals surface area contributed by atoms with Crippen molar-refractivity contribution in [1.82, 2.24) is 15.4 Å². The summed E-state index contributed by atoms with van der Waals surface area (Å²) in [5.74, 6) is 0.554. The van der Waals surface area contributed by atoms with Crippen LogP contribution in [0.4, 0.5) is 0 Å². The second-order valence-electron chi connectivity index (χ2n) is 4.90. The summed E-state index contributed by atoms with van der Waals surface area (Å²) >= 11 is 12.9. The van der Waals surface area contributed by atoms with Gasteiger partial charge in [-0.3, -0.25) is 4.99 Å². The van der Waals surface area contributed by atoms with Gasteiger partial charge in [0.05, 0.1) is 4.34 Å². The molecule has 1 aromatic carbocycles. The number of aliphatic imine (C=N–C) groups is 1. The van der Waals surface area contributed by atoms with Crippen LogP contribution < -0.4 is 15.4 Å². The minimum atomic E-state index is -3.54. The third-order valence-corrected chi connectivity index (χ3v) is 6.70. The second kappa shape index (κ2) is 11.3. The Morgan fingerprint density at radius 3 is 2.46 bits per heavy atom. The minimum absolute atomic E-state index is 0. The quantitative estimate of drug-likeness (QED) is 0.214. The van der Waals surface area contributed by atoms with E-state index in [0.717, 1.165) is 16.9 Å². The van der Waals surface area contributed by atoms with Crippen LogP contribution in [0.5, 0.6) is 0 Å². The van der Waals surface area contributed by atoms with Crippen molar-refractivity contribution in [2.75, 3.05) is 20.1 Å². The molecule has 0 bridgehead atoms. The van der Waals surface area contributed by atoms with Crippen LogP contribution in [0.3, 0.4) is 0 Å². The van der Waals surface area contributed by atoms with Crippen molar-refractivity contribution in [3.63, 3.8) is 0 Å². The van der Waals surface area contributed by atoms with Gasteiger partial charge in [-0.25, -0.2) is 13.1 Å². The highest BCUT2D eigenvalue weighted by Gasteiger charge is 2.15. The van der Waals surface area contributed by atoms with E-state index in [4.69, 9.17) is 23.2 Å². The summed E-state index contributed by atoms with van der Waals surface area (Å²) in [7, 11) is -1.90. The van der Waals surface area contributed by atoms with Crippen LogP contribution in [-0.4, -0.2) is 34.5 Å². The van der Waals surface area contributed by atoms with E-state index in [1.165, 1.54) is 6.07 Å². The first kappa shape index (κ1) is 23.4. The lowest BCUT2D eigenvalue weighted by molar-refractivity contribution is 0.582. The average Bonchev–Trinajstić information content (AvgIpc) is 3.03. The summed E-state index contributed by atoms with van der Waals surface area (Å²) in [5, 5.41) is 6.83. The maximum absolute atomic E-state index is 12.1. The number of nitrogens with one attached hydrogen (secondary N) is 3. The summed E-state index contributed by atoms with van der Waals surface area (Å²) in [6, 6.07) is 10.5. The Balaban J connectivity index is 0.00000338. The molecule has 0 radical (unpaired) electrons. The van der Waals surface area contributed by atoms with Crippen LogP contribution in [0.1, 0.15) is 5.56 Å². The highest BCUT2D eigenvalue weighted by Crippen LogP contribution is 2.25.